The highest BCUT2D eigenvalue weighted by atomic mass is 16.4. The first-order chi connectivity index (χ1) is 9.89. The van der Waals surface area contributed by atoms with E-state index in [1.54, 1.807) is 18.2 Å². The van der Waals surface area contributed by atoms with Gasteiger partial charge in [-0.3, -0.25) is 9.78 Å². The molecule has 6 nitrogen and oxygen atoms in total. The molecular weight excluding hydrogens is 270 g/mol. The van der Waals surface area contributed by atoms with Gasteiger partial charge in [-0.2, -0.15) is 0 Å². The van der Waals surface area contributed by atoms with Crippen LogP contribution >= 0.6 is 0 Å². The van der Waals surface area contributed by atoms with Crippen LogP contribution in [0.4, 0.5) is 5.69 Å². The summed E-state index contributed by atoms with van der Waals surface area (Å²) in [6, 6.07) is 5.05. The Labute approximate surface area is 122 Å². The van der Waals surface area contributed by atoms with Gasteiger partial charge in [-0.05, 0) is 43.0 Å². The predicted molar refractivity (Wildman–Crippen MR) is 82.2 cm³/mol. The van der Waals surface area contributed by atoms with Gasteiger partial charge in [-0.15, -0.1) is 0 Å². The molecule has 1 aromatic carbocycles. The van der Waals surface area contributed by atoms with Crippen LogP contribution < -0.4 is 16.8 Å². The minimum Gasteiger partial charge on any atom is -0.408 e. The summed E-state index contributed by atoms with van der Waals surface area (Å²) in [4.78, 5) is 25.6. The van der Waals surface area contributed by atoms with Crippen molar-refractivity contribution in [1.29, 1.82) is 0 Å². The summed E-state index contributed by atoms with van der Waals surface area (Å²) in [7, 11) is 0. The Morgan fingerprint density at radius 3 is 2.86 bits per heavy atom. The van der Waals surface area contributed by atoms with Gasteiger partial charge >= 0.3 is 5.76 Å². The van der Waals surface area contributed by atoms with Gasteiger partial charge in [0.1, 0.15) is 0 Å². The highest BCUT2D eigenvalue weighted by Crippen LogP contribution is 2.26. The maximum Gasteiger partial charge on any atom is 0.417 e. The predicted octanol–water partition coefficient (Wildman–Crippen LogP) is 2.21. The van der Waals surface area contributed by atoms with Crippen molar-refractivity contribution in [3.63, 3.8) is 0 Å². The Morgan fingerprint density at radius 2 is 2.14 bits per heavy atom. The molecule has 0 saturated carbocycles. The van der Waals surface area contributed by atoms with E-state index < -0.39 is 5.76 Å². The van der Waals surface area contributed by atoms with Crippen LogP contribution in [0.15, 0.2) is 27.4 Å². The molecule has 0 atom stereocenters. The standard InChI is InChI=1S/C15H21N3O3/c1-15(2,7-8-16)6-5-13(19)17-10-3-4-12-11(9-10)18-14(20)21-12/h3-4,9H,5-8,16H2,1-2H3,(H,17,19)(H,18,20). The lowest BCUT2D eigenvalue weighted by Crippen LogP contribution is -2.20. The number of aromatic nitrogens is 1. The van der Waals surface area contributed by atoms with Crippen LogP contribution in [0.5, 0.6) is 0 Å². The van der Waals surface area contributed by atoms with Crippen LogP contribution in [0.3, 0.4) is 0 Å². The number of fused-ring (bicyclic) bond motifs is 1. The summed E-state index contributed by atoms with van der Waals surface area (Å²) in [6.07, 6.45) is 2.11. The van der Waals surface area contributed by atoms with Crippen LogP contribution in [-0.4, -0.2) is 17.4 Å². The lowest BCUT2D eigenvalue weighted by Gasteiger charge is -2.23. The molecule has 0 radical (unpaired) electrons. The largest absolute Gasteiger partial charge is 0.417 e. The van der Waals surface area contributed by atoms with E-state index in [2.05, 4.69) is 24.1 Å². The molecular formula is C15H21N3O3. The van der Waals surface area contributed by atoms with Crippen molar-refractivity contribution in [2.75, 3.05) is 11.9 Å². The van der Waals surface area contributed by atoms with Crippen LogP contribution in [-0.2, 0) is 4.79 Å². The Hall–Kier alpha value is -2.08. The van der Waals surface area contributed by atoms with Crippen molar-refractivity contribution in [1.82, 2.24) is 4.98 Å². The number of hydrogen-bond acceptors (Lipinski definition) is 4. The maximum atomic E-state index is 12.0. The van der Waals surface area contributed by atoms with Gasteiger partial charge in [0, 0.05) is 12.1 Å². The van der Waals surface area contributed by atoms with E-state index in [0.29, 0.717) is 29.8 Å². The molecule has 0 aliphatic heterocycles. The molecule has 4 N–H and O–H groups in total. The number of H-pyrrole nitrogens is 1. The molecule has 6 heteroatoms. The molecule has 0 bridgehead atoms. The van der Waals surface area contributed by atoms with E-state index in [-0.39, 0.29) is 11.3 Å². The molecule has 0 aliphatic rings. The molecule has 0 fully saturated rings. The number of hydrogen-bond donors (Lipinski definition) is 3. The summed E-state index contributed by atoms with van der Waals surface area (Å²) < 4.78 is 4.91. The van der Waals surface area contributed by atoms with Gasteiger partial charge < -0.3 is 15.5 Å². The van der Waals surface area contributed by atoms with Crippen LogP contribution in [0.1, 0.15) is 33.1 Å². The highest BCUT2D eigenvalue weighted by Gasteiger charge is 2.18. The molecule has 2 aromatic rings. The third-order valence-electron chi connectivity index (χ3n) is 3.55. The lowest BCUT2D eigenvalue weighted by atomic mass is 9.84. The third kappa shape index (κ3) is 4.19. The number of aromatic amines is 1. The fraction of sp³-hybridized carbons (Fsp3) is 0.467. The van der Waals surface area contributed by atoms with E-state index >= 15 is 0 Å². The first kappa shape index (κ1) is 15.3. The minimum atomic E-state index is -0.503. The normalized spacial score (nSPS) is 11.8. The first-order valence-corrected chi connectivity index (χ1v) is 7.02. The number of rotatable bonds is 6. The molecule has 1 heterocycles. The number of anilines is 1. The molecule has 0 unspecified atom stereocenters. The number of carbonyl (C=O) groups is 1. The summed E-state index contributed by atoms with van der Waals surface area (Å²) in [5.41, 5.74) is 7.31. The average Bonchev–Trinajstić information content (AvgIpc) is 2.76. The van der Waals surface area contributed by atoms with Gasteiger partial charge in [0.15, 0.2) is 5.58 Å². The summed E-state index contributed by atoms with van der Waals surface area (Å²) in [5.74, 6) is -0.553. The van der Waals surface area contributed by atoms with Crippen molar-refractivity contribution >= 4 is 22.7 Å². The molecule has 1 amide bonds. The highest BCUT2D eigenvalue weighted by molar-refractivity contribution is 5.92. The Kier molecular flexibility index (Phi) is 4.47. The number of amides is 1. The second-order valence-corrected chi connectivity index (χ2v) is 5.98. The molecule has 1 aromatic heterocycles. The van der Waals surface area contributed by atoms with Crippen molar-refractivity contribution in [2.45, 2.75) is 33.1 Å². The average molecular weight is 291 g/mol. The molecule has 21 heavy (non-hydrogen) atoms. The van der Waals surface area contributed by atoms with E-state index in [0.717, 1.165) is 12.8 Å². The fourth-order valence-corrected chi connectivity index (χ4v) is 2.22. The molecule has 0 aliphatic carbocycles. The quantitative estimate of drug-likeness (QED) is 0.759. The van der Waals surface area contributed by atoms with Crippen molar-refractivity contribution in [3.8, 4) is 0 Å². The smallest absolute Gasteiger partial charge is 0.408 e. The SMILES string of the molecule is CC(C)(CCN)CCC(=O)Nc1ccc2oc(=O)[nH]c2c1. The van der Waals surface area contributed by atoms with Crippen LogP contribution in [0.25, 0.3) is 11.1 Å². The zero-order valence-electron chi connectivity index (χ0n) is 12.4. The molecule has 2 rings (SSSR count). The van der Waals surface area contributed by atoms with E-state index in [1.165, 1.54) is 0 Å². The van der Waals surface area contributed by atoms with E-state index in [1.807, 2.05) is 0 Å². The van der Waals surface area contributed by atoms with Gasteiger partial charge in [-0.25, -0.2) is 4.79 Å². The van der Waals surface area contributed by atoms with E-state index in [9.17, 15) is 9.59 Å². The third-order valence-corrected chi connectivity index (χ3v) is 3.55. The van der Waals surface area contributed by atoms with Crippen molar-refractivity contribution < 1.29 is 9.21 Å². The van der Waals surface area contributed by atoms with Gasteiger partial charge in [-0.1, -0.05) is 13.8 Å². The monoisotopic (exact) mass is 291 g/mol. The number of carbonyl (C=O) groups excluding carboxylic acids is 1. The summed E-state index contributed by atoms with van der Waals surface area (Å²) in [5, 5.41) is 2.82. The minimum absolute atomic E-state index is 0.0507. The number of benzene rings is 1. The molecule has 0 spiro atoms. The second kappa shape index (κ2) is 6.13. The van der Waals surface area contributed by atoms with Gasteiger partial charge in [0.05, 0.1) is 5.52 Å². The van der Waals surface area contributed by atoms with Crippen molar-refractivity contribution in [2.24, 2.45) is 11.1 Å². The van der Waals surface area contributed by atoms with Gasteiger partial charge in [0.25, 0.3) is 0 Å². The Bertz CT molecular complexity index is 685. The topological polar surface area (TPSA) is 101 Å². The zero-order valence-corrected chi connectivity index (χ0v) is 12.4. The summed E-state index contributed by atoms with van der Waals surface area (Å²) in [6.45, 7) is 4.84. The Balaban J connectivity index is 1.96. The second-order valence-electron chi connectivity index (χ2n) is 5.98. The first-order valence-electron chi connectivity index (χ1n) is 7.02. The Morgan fingerprint density at radius 1 is 1.38 bits per heavy atom. The number of oxazole rings is 1. The zero-order chi connectivity index (χ0) is 15.5. The number of nitrogens with one attached hydrogen (secondary N) is 2. The summed E-state index contributed by atoms with van der Waals surface area (Å²) >= 11 is 0. The van der Waals surface area contributed by atoms with Crippen LogP contribution in [0.2, 0.25) is 0 Å². The van der Waals surface area contributed by atoms with Crippen molar-refractivity contribution in [3.05, 3.63) is 28.7 Å². The fourth-order valence-electron chi connectivity index (χ4n) is 2.22. The maximum absolute atomic E-state index is 12.0. The molecule has 114 valence electrons. The lowest BCUT2D eigenvalue weighted by molar-refractivity contribution is -0.116. The van der Waals surface area contributed by atoms with Gasteiger partial charge in [0.2, 0.25) is 5.91 Å². The number of nitrogens with two attached hydrogens (primary N) is 1. The molecule has 0 saturated heterocycles. The van der Waals surface area contributed by atoms with Crippen LogP contribution in [0, 0.1) is 5.41 Å². The van der Waals surface area contributed by atoms with E-state index in [4.69, 9.17) is 10.2 Å².